The number of rotatable bonds is 6. The Bertz CT molecular complexity index is 335. The molecule has 5 nitrogen and oxygen atoms in total. The van der Waals surface area contributed by atoms with E-state index in [0.717, 1.165) is 16.8 Å². The maximum absolute atomic E-state index is 5.15. The van der Waals surface area contributed by atoms with Gasteiger partial charge in [0.15, 0.2) is 0 Å². The average Bonchev–Trinajstić information content (AvgIpc) is 2.29. The molecule has 1 heterocycles. The van der Waals surface area contributed by atoms with Gasteiger partial charge in [0.1, 0.15) is 5.82 Å². The second kappa shape index (κ2) is 6.65. The van der Waals surface area contributed by atoms with E-state index in [1.165, 1.54) is 0 Å². The molecule has 1 aromatic rings. The fourth-order valence-electron chi connectivity index (χ4n) is 1.06. The molecule has 0 amide bonds. The van der Waals surface area contributed by atoms with Crippen molar-refractivity contribution in [3.8, 4) is 0 Å². The number of methoxy groups -OCH3 is 1. The van der Waals surface area contributed by atoms with Gasteiger partial charge in [-0.3, -0.25) is 0 Å². The fraction of sp³-hybridized carbons (Fsp3) is 0.600. The lowest BCUT2D eigenvalue weighted by atomic mass is 10.4. The Kier molecular flexibility index (Phi) is 5.48. The summed E-state index contributed by atoms with van der Waals surface area (Å²) in [6, 6.07) is 0. The van der Waals surface area contributed by atoms with Crippen LogP contribution in [0.4, 0.5) is 11.8 Å². The maximum Gasteiger partial charge on any atom is 0.224 e. The van der Waals surface area contributed by atoms with Crippen molar-refractivity contribution in [2.24, 2.45) is 0 Å². The van der Waals surface area contributed by atoms with Crippen LogP contribution in [0.15, 0.2) is 10.7 Å². The zero-order valence-electron chi connectivity index (χ0n) is 9.75. The largest absolute Gasteiger partial charge is 0.380 e. The van der Waals surface area contributed by atoms with Gasteiger partial charge in [0.2, 0.25) is 5.95 Å². The van der Waals surface area contributed by atoms with Gasteiger partial charge < -0.3 is 15.4 Å². The van der Waals surface area contributed by atoms with Crippen LogP contribution in [0, 0.1) is 0 Å². The Morgan fingerprint density at radius 3 is 2.88 bits per heavy atom. The molecule has 0 spiro atoms. The first-order valence-corrected chi connectivity index (χ1v) is 5.99. The number of aromatic nitrogens is 2. The third-order valence-electron chi connectivity index (χ3n) is 2.04. The molecular formula is C10H17BrN4O. The van der Waals surface area contributed by atoms with Crippen molar-refractivity contribution in [1.29, 1.82) is 0 Å². The standard InChI is InChI=1S/C10H17BrN4O/c1-4-12-10-14-6-8(11)9(15-10)13-5-7(2)16-3/h6-7H,4-5H2,1-3H3,(H2,12,13,14,15). The molecule has 0 aromatic carbocycles. The molecule has 16 heavy (non-hydrogen) atoms. The van der Waals surface area contributed by atoms with Crippen LogP contribution in [0.25, 0.3) is 0 Å². The summed E-state index contributed by atoms with van der Waals surface area (Å²) in [5.41, 5.74) is 0. The van der Waals surface area contributed by atoms with E-state index in [2.05, 4.69) is 36.5 Å². The van der Waals surface area contributed by atoms with Gasteiger partial charge in [0.05, 0.1) is 10.6 Å². The fourth-order valence-corrected chi connectivity index (χ4v) is 1.39. The Morgan fingerprint density at radius 1 is 1.50 bits per heavy atom. The Morgan fingerprint density at radius 2 is 2.25 bits per heavy atom. The van der Waals surface area contributed by atoms with Gasteiger partial charge >= 0.3 is 0 Å². The Hall–Kier alpha value is -0.880. The highest BCUT2D eigenvalue weighted by Crippen LogP contribution is 2.19. The smallest absolute Gasteiger partial charge is 0.224 e. The lowest BCUT2D eigenvalue weighted by Gasteiger charge is -2.13. The van der Waals surface area contributed by atoms with Crippen molar-refractivity contribution in [2.45, 2.75) is 20.0 Å². The van der Waals surface area contributed by atoms with E-state index in [1.807, 2.05) is 13.8 Å². The molecule has 0 bridgehead atoms. The molecule has 0 fully saturated rings. The molecule has 1 unspecified atom stereocenters. The molecule has 0 saturated carbocycles. The van der Waals surface area contributed by atoms with Crippen molar-refractivity contribution >= 4 is 27.7 Å². The van der Waals surface area contributed by atoms with Crippen LogP contribution in [0.2, 0.25) is 0 Å². The highest BCUT2D eigenvalue weighted by Gasteiger charge is 2.06. The Labute approximate surface area is 104 Å². The number of hydrogen-bond donors (Lipinski definition) is 2. The predicted octanol–water partition coefficient (Wildman–Crippen LogP) is 2.12. The SMILES string of the molecule is CCNc1ncc(Br)c(NCC(C)OC)n1. The van der Waals surface area contributed by atoms with E-state index in [4.69, 9.17) is 4.74 Å². The summed E-state index contributed by atoms with van der Waals surface area (Å²) in [7, 11) is 1.69. The lowest BCUT2D eigenvalue weighted by Crippen LogP contribution is -2.19. The summed E-state index contributed by atoms with van der Waals surface area (Å²) in [6.45, 7) is 5.51. The van der Waals surface area contributed by atoms with E-state index in [1.54, 1.807) is 13.3 Å². The second-order valence-electron chi connectivity index (χ2n) is 3.35. The van der Waals surface area contributed by atoms with Gasteiger partial charge in [-0.1, -0.05) is 0 Å². The van der Waals surface area contributed by atoms with Crippen molar-refractivity contribution < 1.29 is 4.74 Å². The van der Waals surface area contributed by atoms with Crippen LogP contribution in [-0.4, -0.2) is 36.3 Å². The number of nitrogens with one attached hydrogen (secondary N) is 2. The molecular weight excluding hydrogens is 272 g/mol. The first-order chi connectivity index (χ1) is 7.67. The van der Waals surface area contributed by atoms with Crippen LogP contribution in [0.3, 0.4) is 0 Å². The minimum absolute atomic E-state index is 0.143. The monoisotopic (exact) mass is 288 g/mol. The van der Waals surface area contributed by atoms with Crippen molar-refractivity contribution in [2.75, 3.05) is 30.8 Å². The van der Waals surface area contributed by atoms with Crippen LogP contribution in [0.1, 0.15) is 13.8 Å². The second-order valence-corrected chi connectivity index (χ2v) is 4.20. The van der Waals surface area contributed by atoms with Gasteiger partial charge in [0.25, 0.3) is 0 Å². The zero-order valence-corrected chi connectivity index (χ0v) is 11.3. The quantitative estimate of drug-likeness (QED) is 0.840. The van der Waals surface area contributed by atoms with E-state index in [9.17, 15) is 0 Å². The molecule has 0 aliphatic heterocycles. The van der Waals surface area contributed by atoms with E-state index in [-0.39, 0.29) is 6.10 Å². The summed E-state index contributed by atoms with van der Waals surface area (Å²) in [5, 5.41) is 6.26. The third-order valence-corrected chi connectivity index (χ3v) is 2.62. The van der Waals surface area contributed by atoms with Crippen LogP contribution in [-0.2, 0) is 4.74 Å². The number of nitrogens with zero attached hydrogens (tertiary/aromatic N) is 2. The van der Waals surface area contributed by atoms with E-state index < -0.39 is 0 Å². The van der Waals surface area contributed by atoms with E-state index in [0.29, 0.717) is 12.5 Å². The van der Waals surface area contributed by atoms with Gasteiger partial charge in [-0.05, 0) is 29.8 Å². The zero-order chi connectivity index (χ0) is 12.0. The van der Waals surface area contributed by atoms with Crippen LogP contribution in [0.5, 0.6) is 0 Å². The minimum atomic E-state index is 0.143. The Balaban J connectivity index is 2.66. The van der Waals surface area contributed by atoms with Gasteiger partial charge in [-0.15, -0.1) is 0 Å². The molecule has 1 rings (SSSR count). The molecule has 0 radical (unpaired) electrons. The normalized spacial score (nSPS) is 12.2. The molecule has 0 aliphatic carbocycles. The van der Waals surface area contributed by atoms with Crippen LogP contribution < -0.4 is 10.6 Å². The molecule has 0 aliphatic rings. The highest BCUT2D eigenvalue weighted by molar-refractivity contribution is 9.10. The van der Waals surface area contributed by atoms with Crippen molar-refractivity contribution in [1.82, 2.24) is 9.97 Å². The summed E-state index contributed by atoms with van der Waals surface area (Å²) in [4.78, 5) is 8.47. The molecule has 2 N–H and O–H groups in total. The summed E-state index contributed by atoms with van der Waals surface area (Å²) < 4.78 is 6.00. The van der Waals surface area contributed by atoms with Crippen molar-refractivity contribution in [3.05, 3.63) is 10.7 Å². The number of ether oxygens (including phenoxy) is 1. The predicted molar refractivity (Wildman–Crippen MR) is 68.9 cm³/mol. The number of anilines is 2. The maximum atomic E-state index is 5.15. The molecule has 1 aromatic heterocycles. The molecule has 1 atom stereocenters. The molecule has 90 valence electrons. The van der Waals surface area contributed by atoms with Crippen LogP contribution >= 0.6 is 15.9 Å². The van der Waals surface area contributed by atoms with Crippen molar-refractivity contribution in [3.63, 3.8) is 0 Å². The summed E-state index contributed by atoms with van der Waals surface area (Å²) in [5.74, 6) is 1.40. The average molecular weight is 289 g/mol. The third kappa shape index (κ3) is 3.94. The first kappa shape index (κ1) is 13.2. The lowest BCUT2D eigenvalue weighted by molar-refractivity contribution is 0.128. The number of hydrogen-bond acceptors (Lipinski definition) is 5. The van der Waals surface area contributed by atoms with Gasteiger partial charge in [0, 0.05) is 26.4 Å². The van der Waals surface area contributed by atoms with E-state index >= 15 is 0 Å². The minimum Gasteiger partial charge on any atom is -0.380 e. The van der Waals surface area contributed by atoms with Gasteiger partial charge in [-0.2, -0.15) is 4.98 Å². The highest BCUT2D eigenvalue weighted by atomic mass is 79.9. The molecule has 6 heteroatoms. The summed E-state index contributed by atoms with van der Waals surface area (Å²) in [6.07, 6.45) is 1.87. The summed E-state index contributed by atoms with van der Waals surface area (Å²) >= 11 is 3.40. The topological polar surface area (TPSA) is 59.1 Å². The first-order valence-electron chi connectivity index (χ1n) is 5.20. The molecule has 0 saturated heterocycles. The number of halogens is 1. The van der Waals surface area contributed by atoms with Gasteiger partial charge in [-0.25, -0.2) is 4.98 Å².